The zero-order valence-electron chi connectivity index (χ0n) is 18.1. The van der Waals surface area contributed by atoms with Crippen LogP contribution < -0.4 is 4.74 Å². The molecule has 2 spiro atoms. The Morgan fingerprint density at radius 1 is 1.19 bits per heavy atom. The molecule has 2 heterocycles. The maximum Gasteiger partial charge on any atom is 0.165 e. The van der Waals surface area contributed by atoms with Gasteiger partial charge in [0.2, 0.25) is 0 Å². The van der Waals surface area contributed by atoms with Gasteiger partial charge in [-0.05, 0) is 68.5 Å². The predicted octanol–water partition coefficient (Wildman–Crippen LogP) is 2.77. The van der Waals surface area contributed by atoms with Gasteiger partial charge in [0, 0.05) is 36.6 Å². The first-order chi connectivity index (χ1) is 15.1. The Bertz CT molecular complexity index is 1030. The van der Waals surface area contributed by atoms with E-state index in [2.05, 4.69) is 23.1 Å². The normalized spacial score (nSPS) is 50.3. The lowest BCUT2D eigenvalue weighted by Crippen LogP contribution is -2.82. The Kier molecular flexibility index (Phi) is 3.08. The highest BCUT2D eigenvalue weighted by Gasteiger charge is 2.83. The van der Waals surface area contributed by atoms with Crippen LogP contribution in [0.1, 0.15) is 43.2 Å². The van der Waals surface area contributed by atoms with Crippen LogP contribution in [0.5, 0.6) is 11.5 Å². The van der Waals surface area contributed by atoms with E-state index in [-0.39, 0.29) is 34.7 Å². The van der Waals surface area contributed by atoms with E-state index in [0.717, 1.165) is 38.1 Å². The molecule has 0 radical (unpaired) electrons. The molecule has 4 fully saturated rings. The quantitative estimate of drug-likeness (QED) is 0.735. The summed E-state index contributed by atoms with van der Waals surface area (Å²) in [6, 6.07) is 4.40. The monoisotopic (exact) mass is 421 g/mol. The molecule has 0 aromatic heterocycles. The van der Waals surface area contributed by atoms with Crippen molar-refractivity contribution in [3.63, 3.8) is 0 Å². The number of aliphatic hydroxyl groups excluding tert-OH is 1. The second kappa shape index (κ2) is 5.32. The number of hydrogen-bond donors (Lipinski definition) is 2. The molecular formula is C26H31NO4. The number of nitrogens with zero attached hydrogens (tertiary/aromatic N) is 1. The second-order valence-electron chi connectivity index (χ2n) is 11.4. The Hall–Kier alpha value is -1.56. The van der Waals surface area contributed by atoms with Crippen LogP contribution in [0.15, 0.2) is 24.3 Å². The number of rotatable bonds is 3. The molecule has 2 N–H and O–H groups in total. The summed E-state index contributed by atoms with van der Waals surface area (Å²) in [6.45, 7) is 2.29. The highest BCUT2D eigenvalue weighted by molar-refractivity contribution is 5.65. The van der Waals surface area contributed by atoms with Crippen LogP contribution in [0, 0.1) is 23.2 Å². The summed E-state index contributed by atoms with van der Waals surface area (Å²) < 4.78 is 13.1. The molecule has 1 saturated heterocycles. The minimum Gasteiger partial charge on any atom is -0.504 e. The number of piperidine rings is 1. The number of benzene rings is 1. The van der Waals surface area contributed by atoms with E-state index in [1.807, 2.05) is 6.07 Å². The summed E-state index contributed by atoms with van der Waals surface area (Å²) in [5, 5.41) is 22.1. The van der Waals surface area contributed by atoms with Crippen LogP contribution in [0.4, 0.5) is 0 Å². The number of likely N-dealkylation sites (tertiary alicyclic amines) is 1. The van der Waals surface area contributed by atoms with Gasteiger partial charge < -0.3 is 19.7 Å². The van der Waals surface area contributed by atoms with E-state index in [1.54, 1.807) is 7.11 Å². The zero-order valence-corrected chi connectivity index (χ0v) is 18.1. The maximum atomic E-state index is 11.2. The largest absolute Gasteiger partial charge is 0.504 e. The second-order valence-corrected chi connectivity index (χ2v) is 11.4. The van der Waals surface area contributed by atoms with Gasteiger partial charge in [-0.2, -0.15) is 0 Å². The Morgan fingerprint density at radius 3 is 2.87 bits per heavy atom. The van der Waals surface area contributed by atoms with Gasteiger partial charge in [-0.15, -0.1) is 0 Å². The SMILES string of the molecule is CO[C@]12C=C[C@@]3([C@@H]4CC[C@H](O)[C@@H]41)[C@H]1Cc4ccc(O)c5c4[C@@]3(CCN1CC1CC1)[C@H]2O5. The fraction of sp³-hybridized carbons (Fsp3) is 0.692. The van der Waals surface area contributed by atoms with Crippen LogP contribution in [-0.2, 0) is 16.6 Å². The molecule has 6 aliphatic carbocycles. The number of methoxy groups -OCH3 is 1. The lowest BCUT2D eigenvalue weighted by atomic mass is 9.34. The first kappa shape index (κ1) is 17.9. The molecule has 1 aromatic carbocycles. The third-order valence-electron chi connectivity index (χ3n) is 10.7. The lowest BCUT2D eigenvalue weighted by molar-refractivity contribution is -0.248. The van der Waals surface area contributed by atoms with E-state index in [0.29, 0.717) is 17.7 Å². The predicted molar refractivity (Wildman–Crippen MR) is 114 cm³/mol. The van der Waals surface area contributed by atoms with Crippen molar-refractivity contribution in [2.24, 2.45) is 23.2 Å². The molecule has 4 bridgehead atoms. The Balaban J connectivity index is 1.44. The third kappa shape index (κ3) is 1.69. The molecule has 0 amide bonds. The summed E-state index contributed by atoms with van der Waals surface area (Å²) in [5.74, 6) is 2.26. The molecule has 5 nitrogen and oxygen atoms in total. The molecular weight excluding hydrogens is 390 g/mol. The van der Waals surface area contributed by atoms with Gasteiger partial charge in [0.05, 0.1) is 11.5 Å². The number of ether oxygens (including phenoxy) is 2. The fourth-order valence-electron chi connectivity index (χ4n) is 9.61. The molecule has 5 heteroatoms. The minimum absolute atomic E-state index is 0.0563. The molecule has 31 heavy (non-hydrogen) atoms. The standard InChI is InChI=1S/C26H31NO4/c1-30-26-9-8-24(16-5-7-17(28)21(16)26)19-12-15-4-6-18(29)22-20(15)25(24,23(26)31-22)10-11-27(19)13-14-2-3-14/h4,6,8-9,14,16-17,19,21,23,28-29H,2-3,5,7,10-13H2,1H3/t16-,17+,19-,21-,23-,24-,25+,26-/m1/s1. The Labute approximate surface area is 183 Å². The number of phenols is 1. The van der Waals surface area contributed by atoms with Crippen LogP contribution in [0.3, 0.4) is 0 Å². The van der Waals surface area contributed by atoms with Crippen molar-refractivity contribution in [3.8, 4) is 11.5 Å². The van der Waals surface area contributed by atoms with Gasteiger partial charge in [0.15, 0.2) is 11.5 Å². The Morgan fingerprint density at radius 2 is 2.06 bits per heavy atom. The van der Waals surface area contributed by atoms with Gasteiger partial charge in [0.1, 0.15) is 11.7 Å². The van der Waals surface area contributed by atoms with Gasteiger partial charge in [0.25, 0.3) is 0 Å². The average molecular weight is 422 g/mol. The molecule has 3 saturated carbocycles. The third-order valence-corrected chi connectivity index (χ3v) is 10.7. The molecule has 1 aromatic rings. The number of hydrogen-bond acceptors (Lipinski definition) is 5. The summed E-state index contributed by atoms with van der Waals surface area (Å²) in [5.41, 5.74) is 1.76. The van der Waals surface area contributed by atoms with E-state index in [4.69, 9.17) is 9.47 Å². The minimum atomic E-state index is -0.633. The van der Waals surface area contributed by atoms with E-state index in [9.17, 15) is 10.2 Å². The molecule has 8 atom stereocenters. The molecule has 9 rings (SSSR count). The highest BCUT2D eigenvalue weighted by atomic mass is 16.6. The van der Waals surface area contributed by atoms with Gasteiger partial charge in [-0.1, -0.05) is 18.2 Å². The molecule has 0 unspecified atom stereocenters. The summed E-state index contributed by atoms with van der Waals surface area (Å²) in [6.07, 6.45) is 10.9. The van der Waals surface area contributed by atoms with Crippen LogP contribution in [0.25, 0.3) is 0 Å². The van der Waals surface area contributed by atoms with Crippen molar-refractivity contribution in [2.45, 2.75) is 67.8 Å². The molecule has 2 aliphatic heterocycles. The zero-order chi connectivity index (χ0) is 20.8. The summed E-state index contributed by atoms with van der Waals surface area (Å²) >= 11 is 0. The van der Waals surface area contributed by atoms with Crippen molar-refractivity contribution in [1.29, 1.82) is 0 Å². The van der Waals surface area contributed by atoms with E-state index >= 15 is 0 Å². The summed E-state index contributed by atoms with van der Waals surface area (Å²) in [7, 11) is 1.79. The van der Waals surface area contributed by atoms with Crippen LogP contribution in [-0.4, -0.2) is 59.2 Å². The lowest BCUT2D eigenvalue weighted by Gasteiger charge is -2.73. The van der Waals surface area contributed by atoms with Crippen LogP contribution in [0.2, 0.25) is 0 Å². The number of aliphatic hydroxyl groups is 1. The van der Waals surface area contributed by atoms with Crippen molar-refractivity contribution < 1.29 is 19.7 Å². The van der Waals surface area contributed by atoms with Crippen molar-refractivity contribution in [3.05, 3.63) is 35.4 Å². The van der Waals surface area contributed by atoms with Gasteiger partial charge >= 0.3 is 0 Å². The summed E-state index contributed by atoms with van der Waals surface area (Å²) in [4.78, 5) is 2.80. The molecule has 164 valence electrons. The first-order valence-corrected chi connectivity index (χ1v) is 12.3. The van der Waals surface area contributed by atoms with Crippen LogP contribution >= 0.6 is 0 Å². The average Bonchev–Trinajstić information content (AvgIpc) is 3.38. The smallest absolute Gasteiger partial charge is 0.165 e. The number of phenolic OH excluding ortho intramolecular Hbond substituents is 1. The first-order valence-electron chi connectivity index (χ1n) is 12.3. The van der Waals surface area contributed by atoms with Crippen molar-refractivity contribution in [1.82, 2.24) is 4.90 Å². The van der Waals surface area contributed by atoms with E-state index < -0.39 is 5.60 Å². The van der Waals surface area contributed by atoms with Gasteiger partial charge in [-0.25, -0.2) is 0 Å². The van der Waals surface area contributed by atoms with E-state index in [1.165, 1.54) is 30.5 Å². The van der Waals surface area contributed by atoms with Crippen molar-refractivity contribution in [2.75, 3.05) is 20.2 Å². The number of aromatic hydroxyl groups is 1. The molecule has 8 aliphatic rings. The highest BCUT2D eigenvalue weighted by Crippen LogP contribution is 2.78. The van der Waals surface area contributed by atoms with Gasteiger partial charge in [-0.3, -0.25) is 4.90 Å². The maximum absolute atomic E-state index is 11.2. The topological polar surface area (TPSA) is 62.2 Å². The van der Waals surface area contributed by atoms with Crippen molar-refractivity contribution >= 4 is 0 Å². The fourth-order valence-corrected chi connectivity index (χ4v) is 9.61.